The average Bonchev–Trinajstić information content (AvgIpc) is 3.00. The molecule has 2 aromatic rings. The lowest BCUT2D eigenvalue weighted by atomic mass is 10.2. The van der Waals surface area contributed by atoms with Crippen LogP contribution < -0.4 is 10.2 Å². The highest BCUT2D eigenvalue weighted by molar-refractivity contribution is 5.89. The Hall–Kier alpha value is -2.41. The van der Waals surface area contributed by atoms with Crippen molar-refractivity contribution in [3.8, 4) is 11.4 Å². The van der Waals surface area contributed by atoms with Gasteiger partial charge in [0.15, 0.2) is 0 Å². The van der Waals surface area contributed by atoms with Gasteiger partial charge in [0, 0.05) is 38.4 Å². The smallest absolute Gasteiger partial charge is 0.316 e. The monoisotopic (exact) mass is 357 g/mol. The van der Waals surface area contributed by atoms with Crippen molar-refractivity contribution in [1.82, 2.24) is 20.4 Å². The summed E-state index contributed by atoms with van der Waals surface area (Å²) >= 11 is 0. The van der Waals surface area contributed by atoms with Crippen LogP contribution in [0.4, 0.5) is 5.69 Å². The van der Waals surface area contributed by atoms with Gasteiger partial charge in [0.1, 0.15) is 0 Å². The maximum Gasteiger partial charge on any atom is 0.316 e. The van der Waals surface area contributed by atoms with Gasteiger partial charge in [-0.1, -0.05) is 18.0 Å². The van der Waals surface area contributed by atoms with Gasteiger partial charge in [0.25, 0.3) is 0 Å². The van der Waals surface area contributed by atoms with Crippen LogP contribution in [0.3, 0.4) is 0 Å². The molecule has 1 aromatic carbocycles. The standard InChI is InChI=1S/C19H27N5O2/c1-23(2)16-9-7-15(8-10-16)17-21-19(26-22-17)18(25)20-11-14-24-12-5-3-4-6-13-24/h7-10H,3-6,11-14H2,1-2H3,(H,20,25). The minimum absolute atomic E-state index is 0.00699. The molecule has 1 aliphatic heterocycles. The van der Waals surface area contributed by atoms with E-state index in [1.165, 1.54) is 25.7 Å². The number of anilines is 1. The van der Waals surface area contributed by atoms with Crippen molar-refractivity contribution in [3.63, 3.8) is 0 Å². The van der Waals surface area contributed by atoms with Gasteiger partial charge in [0.05, 0.1) is 0 Å². The molecule has 0 saturated carbocycles. The Morgan fingerprint density at radius 2 is 1.85 bits per heavy atom. The molecule has 7 nitrogen and oxygen atoms in total. The zero-order valence-electron chi connectivity index (χ0n) is 15.6. The number of aromatic nitrogens is 2. The fourth-order valence-corrected chi connectivity index (χ4v) is 3.10. The van der Waals surface area contributed by atoms with Crippen molar-refractivity contribution < 1.29 is 9.32 Å². The highest BCUT2D eigenvalue weighted by atomic mass is 16.5. The highest BCUT2D eigenvalue weighted by Crippen LogP contribution is 2.20. The SMILES string of the molecule is CN(C)c1ccc(-c2noc(C(=O)NCCN3CCCCCC3)n2)cc1. The van der Waals surface area contributed by atoms with Crippen LogP contribution in [-0.4, -0.2) is 61.2 Å². The lowest BCUT2D eigenvalue weighted by molar-refractivity contribution is 0.0904. The van der Waals surface area contributed by atoms with Crippen molar-refractivity contribution in [2.24, 2.45) is 0 Å². The van der Waals surface area contributed by atoms with Crippen LogP contribution in [0.5, 0.6) is 0 Å². The van der Waals surface area contributed by atoms with Crippen LogP contribution in [0.2, 0.25) is 0 Å². The van der Waals surface area contributed by atoms with E-state index in [9.17, 15) is 4.79 Å². The fraction of sp³-hybridized carbons (Fsp3) is 0.526. The third kappa shape index (κ3) is 4.82. The zero-order chi connectivity index (χ0) is 18.4. The number of carbonyl (C=O) groups excluding carboxylic acids is 1. The summed E-state index contributed by atoms with van der Waals surface area (Å²) in [6.07, 6.45) is 5.10. The fourth-order valence-electron chi connectivity index (χ4n) is 3.10. The molecule has 0 radical (unpaired) electrons. The van der Waals surface area contributed by atoms with E-state index in [1.807, 2.05) is 43.3 Å². The maximum absolute atomic E-state index is 12.2. The molecule has 0 atom stereocenters. The molecule has 1 amide bonds. The number of nitrogens with one attached hydrogen (secondary N) is 1. The number of rotatable bonds is 6. The molecule has 1 N–H and O–H groups in total. The molecule has 1 fully saturated rings. The van der Waals surface area contributed by atoms with Gasteiger partial charge in [-0.05, 0) is 50.2 Å². The Balaban J connectivity index is 1.52. The molecule has 1 saturated heterocycles. The van der Waals surface area contributed by atoms with E-state index in [1.54, 1.807) is 0 Å². The first-order valence-corrected chi connectivity index (χ1v) is 9.25. The van der Waals surface area contributed by atoms with Crippen LogP contribution in [-0.2, 0) is 0 Å². The van der Waals surface area contributed by atoms with Gasteiger partial charge < -0.3 is 19.6 Å². The summed E-state index contributed by atoms with van der Waals surface area (Å²) < 4.78 is 5.12. The van der Waals surface area contributed by atoms with Crippen molar-refractivity contribution in [2.75, 3.05) is 45.2 Å². The molecule has 2 heterocycles. The highest BCUT2D eigenvalue weighted by Gasteiger charge is 2.16. The molecule has 7 heteroatoms. The molecule has 3 rings (SSSR count). The summed E-state index contributed by atoms with van der Waals surface area (Å²) in [5, 5.41) is 6.79. The molecular weight excluding hydrogens is 330 g/mol. The Labute approximate surface area is 154 Å². The number of carbonyl (C=O) groups is 1. The number of nitrogens with zero attached hydrogens (tertiary/aromatic N) is 4. The van der Waals surface area contributed by atoms with E-state index in [0.717, 1.165) is 30.9 Å². The van der Waals surface area contributed by atoms with Crippen molar-refractivity contribution in [2.45, 2.75) is 25.7 Å². The van der Waals surface area contributed by atoms with Gasteiger partial charge in [-0.3, -0.25) is 4.79 Å². The molecule has 0 unspecified atom stereocenters. The number of hydrogen-bond acceptors (Lipinski definition) is 6. The van der Waals surface area contributed by atoms with E-state index >= 15 is 0 Å². The average molecular weight is 357 g/mol. The molecule has 1 aromatic heterocycles. The molecular formula is C19H27N5O2. The second-order valence-corrected chi connectivity index (χ2v) is 6.88. The third-order valence-corrected chi connectivity index (χ3v) is 4.67. The third-order valence-electron chi connectivity index (χ3n) is 4.67. The summed E-state index contributed by atoms with van der Waals surface area (Å²) in [4.78, 5) is 20.8. The molecule has 1 aliphatic rings. The Morgan fingerprint density at radius 3 is 2.50 bits per heavy atom. The van der Waals surface area contributed by atoms with Gasteiger partial charge in [-0.2, -0.15) is 4.98 Å². The van der Waals surface area contributed by atoms with E-state index in [4.69, 9.17) is 4.52 Å². The number of amides is 1. The predicted molar refractivity (Wildman–Crippen MR) is 101 cm³/mol. The van der Waals surface area contributed by atoms with Crippen molar-refractivity contribution >= 4 is 11.6 Å². The second kappa shape index (κ2) is 8.80. The Bertz CT molecular complexity index is 703. The lowest BCUT2D eigenvalue weighted by Gasteiger charge is -2.19. The molecule has 26 heavy (non-hydrogen) atoms. The van der Waals surface area contributed by atoms with E-state index in [0.29, 0.717) is 12.4 Å². The van der Waals surface area contributed by atoms with Crippen molar-refractivity contribution in [1.29, 1.82) is 0 Å². The first-order valence-electron chi connectivity index (χ1n) is 9.25. The zero-order valence-corrected chi connectivity index (χ0v) is 15.6. The van der Waals surface area contributed by atoms with Gasteiger partial charge >= 0.3 is 11.8 Å². The Kier molecular flexibility index (Phi) is 6.22. The van der Waals surface area contributed by atoms with Gasteiger partial charge in [0.2, 0.25) is 5.82 Å². The largest absolute Gasteiger partial charge is 0.378 e. The first-order chi connectivity index (χ1) is 12.6. The molecule has 0 bridgehead atoms. The minimum Gasteiger partial charge on any atom is -0.378 e. The van der Waals surface area contributed by atoms with E-state index < -0.39 is 0 Å². The second-order valence-electron chi connectivity index (χ2n) is 6.88. The van der Waals surface area contributed by atoms with Crippen LogP contribution in [0, 0.1) is 0 Å². The van der Waals surface area contributed by atoms with E-state index in [2.05, 4.69) is 20.4 Å². The van der Waals surface area contributed by atoms with Gasteiger partial charge in [-0.15, -0.1) is 0 Å². The Morgan fingerprint density at radius 1 is 1.15 bits per heavy atom. The number of hydrogen-bond donors (Lipinski definition) is 1. The number of likely N-dealkylation sites (tertiary alicyclic amines) is 1. The van der Waals surface area contributed by atoms with Crippen LogP contribution in [0.25, 0.3) is 11.4 Å². The summed E-state index contributed by atoms with van der Waals surface area (Å²) in [5.74, 6) is 0.115. The topological polar surface area (TPSA) is 74.5 Å². The molecule has 0 spiro atoms. The summed E-state index contributed by atoms with van der Waals surface area (Å²) in [5.41, 5.74) is 1.91. The first kappa shape index (κ1) is 18.4. The summed E-state index contributed by atoms with van der Waals surface area (Å²) in [6.45, 7) is 3.68. The molecule has 0 aliphatic carbocycles. The van der Waals surface area contributed by atoms with E-state index in [-0.39, 0.29) is 11.8 Å². The number of benzene rings is 1. The summed E-state index contributed by atoms with van der Waals surface area (Å²) in [7, 11) is 3.97. The predicted octanol–water partition coefficient (Wildman–Crippen LogP) is 2.41. The minimum atomic E-state index is -0.316. The normalized spacial score (nSPS) is 15.5. The van der Waals surface area contributed by atoms with Crippen molar-refractivity contribution in [3.05, 3.63) is 30.2 Å². The van der Waals surface area contributed by atoms with Crippen LogP contribution in [0.15, 0.2) is 28.8 Å². The quantitative estimate of drug-likeness (QED) is 0.856. The van der Waals surface area contributed by atoms with Gasteiger partial charge in [-0.25, -0.2) is 0 Å². The maximum atomic E-state index is 12.2. The van der Waals surface area contributed by atoms with Crippen LogP contribution in [0.1, 0.15) is 36.4 Å². The van der Waals surface area contributed by atoms with Crippen LogP contribution >= 0.6 is 0 Å². The lowest BCUT2D eigenvalue weighted by Crippen LogP contribution is -2.35. The molecule has 140 valence electrons. The summed E-state index contributed by atoms with van der Waals surface area (Å²) in [6, 6.07) is 7.79.